The summed E-state index contributed by atoms with van der Waals surface area (Å²) in [6, 6.07) is 0.469. The first-order chi connectivity index (χ1) is 7.63. The Morgan fingerprint density at radius 3 is 2.50 bits per heavy atom. The summed E-state index contributed by atoms with van der Waals surface area (Å²) in [5, 5.41) is 3.23. The predicted molar refractivity (Wildman–Crippen MR) is 61.7 cm³/mol. The van der Waals surface area contributed by atoms with Crippen LogP contribution >= 0.6 is 0 Å². The molecule has 16 heavy (non-hydrogen) atoms. The zero-order chi connectivity index (χ0) is 12.0. The Morgan fingerprint density at radius 1 is 1.38 bits per heavy atom. The lowest BCUT2D eigenvalue weighted by Gasteiger charge is -2.20. The SMILES string of the molecule is CCN(CC(N)=O)C(=O)CNC1CCCC1. The van der Waals surface area contributed by atoms with Crippen molar-refractivity contribution in [2.45, 2.75) is 38.6 Å². The van der Waals surface area contributed by atoms with E-state index >= 15 is 0 Å². The van der Waals surface area contributed by atoms with E-state index in [-0.39, 0.29) is 12.5 Å². The van der Waals surface area contributed by atoms with Crippen molar-refractivity contribution >= 4 is 11.8 Å². The highest BCUT2D eigenvalue weighted by molar-refractivity contribution is 5.84. The van der Waals surface area contributed by atoms with Gasteiger partial charge in [0.2, 0.25) is 11.8 Å². The van der Waals surface area contributed by atoms with Gasteiger partial charge in [-0.15, -0.1) is 0 Å². The number of hydrogen-bond donors (Lipinski definition) is 2. The summed E-state index contributed by atoms with van der Waals surface area (Å²) in [6.45, 7) is 2.69. The molecular weight excluding hydrogens is 206 g/mol. The fraction of sp³-hybridized carbons (Fsp3) is 0.818. The van der Waals surface area contributed by atoms with Crippen molar-refractivity contribution in [2.24, 2.45) is 5.73 Å². The van der Waals surface area contributed by atoms with E-state index in [4.69, 9.17) is 5.73 Å². The van der Waals surface area contributed by atoms with Gasteiger partial charge in [0, 0.05) is 12.6 Å². The average Bonchev–Trinajstić information content (AvgIpc) is 2.75. The summed E-state index contributed by atoms with van der Waals surface area (Å²) in [4.78, 5) is 23.9. The summed E-state index contributed by atoms with van der Waals surface area (Å²) in [5.74, 6) is -0.510. The van der Waals surface area contributed by atoms with E-state index in [1.165, 1.54) is 17.7 Å². The van der Waals surface area contributed by atoms with Crippen LogP contribution in [0.2, 0.25) is 0 Å². The van der Waals surface area contributed by atoms with Crippen molar-refractivity contribution in [3.63, 3.8) is 0 Å². The number of carbonyl (C=O) groups excluding carboxylic acids is 2. The maximum atomic E-state index is 11.7. The largest absolute Gasteiger partial charge is 0.368 e. The molecule has 1 aliphatic rings. The van der Waals surface area contributed by atoms with E-state index in [2.05, 4.69) is 5.32 Å². The van der Waals surface area contributed by atoms with Gasteiger partial charge in [0.1, 0.15) is 0 Å². The Hall–Kier alpha value is -1.10. The van der Waals surface area contributed by atoms with Crippen LogP contribution in [0.25, 0.3) is 0 Å². The molecule has 0 radical (unpaired) electrons. The maximum absolute atomic E-state index is 11.7. The Labute approximate surface area is 96.4 Å². The van der Waals surface area contributed by atoms with Crippen molar-refractivity contribution in [3.05, 3.63) is 0 Å². The third-order valence-electron chi connectivity index (χ3n) is 2.98. The Balaban J connectivity index is 2.28. The van der Waals surface area contributed by atoms with Gasteiger partial charge in [-0.1, -0.05) is 12.8 Å². The van der Waals surface area contributed by atoms with Crippen molar-refractivity contribution in [1.82, 2.24) is 10.2 Å². The monoisotopic (exact) mass is 227 g/mol. The van der Waals surface area contributed by atoms with Crippen LogP contribution in [0, 0.1) is 0 Å². The molecule has 0 aromatic carbocycles. The minimum absolute atomic E-state index is 0.0156. The molecule has 1 rings (SSSR count). The average molecular weight is 227 g/mol. The molecule has 2 amide bonds. The topological polar surface area (TPSA) is 75.4 Å². The number of nitrogens with two attached hydrogens (primary N) is 1. The van der Waals surface area contributed by atoms with Crippen LogP contribution in [-0.2, 0) is 9.59 Å². The highest BCUT2D eigenvalue weighted by Gasteiger charge is 2.18. The molecule has 0 unspecified atom stereocenters. The number of primary amides is 1. The smallest absolute Gasteiger partial charge is 0.237 e. The first-order valence-electron chi connectivity index (χ1n) is 5.93. The van der Waals surface area contributed by atoms with E-state index < -0.39 is 5.91 Å². The second kappa shape index (κ2) is 6.48. The predicted octanol–water partition coefficient (Wildman–Crippen LogP) is -0.148. The van der Waals surface area contributed by atoms with Gasteiger partial charge in [0.05, 0.1) is 13.1 Å². The van der Waals surface area contributed by atoms with Gasteiger partial charge in [-0.05, 0) is 19.8 Å². The number of rotatable bonds is 6. The highest BCUT2D eigenvalue weighted by atomic mass is 16.2. The number of likely N-dealkylation sites (N-methyl/N-ethyl adjacent to an activating group) is 1. The van der Waals surface area contributed by atoms with Crippen LogP contribution in [0.15, 0.2) is 0 Å². The summed E-state index contributed by atoms with van der Waals surface area (Å²) < 4.78 is 0. The number of carbonyl (C=O) groups is 2. The van der Waals surface area contributed by atoms with E-state index in [9.17, 15) is 9.59 Å². The van der Waals surface area contributed by atoms with Crippen LogP contribution in [0.4, 0.5) is 0 Å². The standard InChI is InChI=1S/C11H21N3O2/c1-2-14(8-10(12)15)11(16)7-13-9-5-3-4-6-9/h9,13H,2-8H2,1H3,(H2,12,15). The minimum Gasteiger partial charge on any atom is -0.368 e. The molecule has 1 saturated carbocycles. The highest BCUT2D eigenvalue weighted by Crippen LogP contribution is 2.17. The summed E-state index contributed by atoms with van der Waals surface area (Å²) in [6.07, 6.45) is 4.78. The molecule has 1 aliphatic carbocycles. The lowest BCUT2D eigenvalue weighted by Crippen LogP contribution is -2.44. The third-order valence-corrected chi connectivity index (χ3v) is 2.98. The van der Waals surface area contributed by atoms with Gasteiger partial charge in [-0.2, -0.15) is 0 Å². The fourth-order valence-electron chi connectivity index (χ4n) is 2.04. The summed E-state index contributed by atoms with van der Waals surface area (Å²) in [7, 11) is 0. The second-order valence-corrected chi connectivity index (χ2v) is 4.24. The number of nitrogens with zero attached hydrogens (tertiary/aromatic N) is 1. The van der Waals surface area contributed by atoms with Gasteiger partial charge >= 0.3 is 0 Å². The van der Waals surface area contributed by atoms with E-state index in [0.717, 1.165) is 12.8 Å². The molecule has 92 valence electrons. The molecule has 0 heterocycles. The van der Waals surface area contributed by atoms with Gasteiger partial charge in [-0.25, -0.2) is 0 Å². The van der Waals surface area contributed by atoms with Crippen molar-refractivity contribution in [1.29, 1.82) is 0 Å². The zero-order valence-electron chi connectivity index (χ0n) is 9.87. The van der Waals surface area contributed by atoms with Crippen LogP contribution in [0.3, 0.4) is 0 Å². The van der Waals surface area contributed by atoms with Gasteiger partial charge < -0.3 is 16.0 Å². The van der Waals surface area contributed by atoms with Gasteiger partial charge in [-0.3, -0.25) is 9.59 Å². The molecule has 0 aromatic rings. The lowest BCUT2D eigenvalue weighted by molar-refractivity contribution is -0.134. The second-order valence-electron chi connectivity index (χ2n) is 4.24. The summed E-state index contributed by atoms with van der Waals surface area (Å²) in [5.41, 5.74) is 5.07. The molecule has 0 atom stereocenters. The third kappa shape index (κ3) is 4.18. The molecule has 0 aromatic heterocycles. The van der Waals surface area contributed by atoms with Gasteiger partial charge in [0.25, 0.3) is 0 Å². The molecular formula is C11H21N3O2. The van der Waals surface area contributed by atoms with E-state index in [0.29, 0.717) is 19.1 Å². The lowest BCUT2D eigenvalue weighted by atomic mass is 10.2. The molecule has 3 N–H and O–H groups in total. The Bertz CT molecular complexity index is 250. The zero-order valence-corrected chi connectivity index (χ0v) is 9.87. The number of nitrogens with one attached hydrogen (secondary N) is 1. The van der Waals surface area contributed by atoms with Crippen LogP contribution in [0.1, 0.15) is 32.6 Å². The first kappa shape index (κ1) is 13.0. The fourth-order valence-corrected chi connectivity index (χ4v) is 2.04. The minimum atomic E-state index is -0.462. The Morgan fingerprint density at radius 2 is 2.00 bits per heavy atom. The van der Waals surface area contributed by atoms with Crippen molar-refractivity contribution in [2.75, 3.05) is 19.6 Å². The molecule has 0 saturated heterocycles. The molecule has 5 nitrogen and oxygen atoms in total. The molecule has 0 bridgehead atoms. The van der Waals surface area contributed by atoms with Crippen molar-refractivity contribution in [3.8, 4) is 0 Å². The Kier molecular flexibility index (Phi) is 5.25. The van der Waals surface area contributed by atoms with Crippen LogP contribution in [0.5, 0.6) is 0 Å². The molecule has 0 spiro atoms. The van der Waals surface area contributed by atoms with Crippen LogP contribution in [-0.4, -0.2) is 42.4 Å². The molecule has 5 heteroatoms. The number of hydrogen-bond acceptors (Lipinski definition) is 3. The van der Waals surface area contributed by atoms with E-state index in [1.807, 2.05) is 6.92 Å². The molecule has 0 aliphatic heterocycles. The summed E-state index contributed by atoms with van der Waals surface area (Å²) >= 11 is 0. The normalized spacial score (nSPS) is 16.3. The maximum Gasteiger partial charge on any atom is 0.237 e. The van der Waals surface area contributed by atoms with E-state index in [1.54, 1.807) is 0 Å². The van der Waals surface area contributed by atoms with Crippen molar-refractivity contribution < 1.29 is 9.59 Å². The number of amides is 2. The quantitative estimate of drug-likeness (QED) is 0.662. The first-order valence-corrected chi connectivity index (χ1v) is 5.93. The van der Waals surface area contributed by atoms with Gasteiger partial charge in [0.15, 0.2) is 0 Å². The van der Waals surface area contributed by atoms with Crippen LogP contribution < -0.4 is 11.1 Å². The molecule has 1 fully saturated rings.